The SMILES string of the molecule is CO/N=C/c1cccc(-c2ccccc2NC(=O)c2ccc(Br)o2)c1. The second-order valence-electron chi connectivity index (χ2n) is 5.15. The van der Waals surface area contributed by atoms with Crippen LogP contribution in [0.3, 0.4) is 0 Å². The lowest BCUT2D eigenvalue weighted by Gasteiger charge is -2.11. The minimum absolute atomic E-state index is 0.239. The molecule has 25 heavy (non-hydrogen) atoms. The van der Waals surface area contributed by atoms with Crippen LogP contribution in [0.5, 0.6) is 0 Å². The maximum absolute atomic E-state index is 12.4. The van der Waals surface area contributed by atoms with Crippen molar-refractivity contribution in [1.29, 1.82) is 0 Å². The van der Waals surface area contributed by atoms with E-state index in [9.17, 15) is 4.79 Å². The number of nitrogens with one attached hydrogen (secondary N) is 1. The summed E-state index contributed by atoms with van der Waals surface area (Å²) in [5.74, 6) is -0.0714. The number of carbonyl (C=O) groups excluding carboxylic acids is 1. The van der Waals surface area contributed by atoms with E-state index in [0.29, 0.717) is 10.4 Å². The quantitative estimate of drug-likeness (QED) is 0.488. The average Bonchev–Trinajstić information content (AvgIpc) is 3.07. The number of halogens is 1. The molecular weight excluding hydrogens is 384 g/mol. The second kappa shape index (κ2) is 7.81. The molecule has 1 amide bonds. The van der Waals surface area contributed by atoms with Gasteiger partial charge in [0.05, 0.1) is 6.21 Å². The summed E-state index contributed by atoms with van der Waals surface area (Å²) >= 11 is 3.20. The normalized spacial score (nSPS) is 10.8. The van der Waals surface area contributed by atoms with E-state index in [0.717, 1.165) is 16.7 Å². The van der Waals surface area contributed by atoms with Gasteiger partial charge in [0, 0.05) is 11.3 Å². The lowest BCUT2D eigenvalue weighted by atomic mass is 10.0. The Morgan fingerprint density at radius 1 is 1.16 bits per heavy atom. The number of hydrogen-bond donors (Lipinski definition) is 1. The van der Waals surface area contributed by atoms with Gasteiger partial charge >= 0.3 is 0 Å². The molecule has 3 aromatic rings. The van der Waals surface area contributed by atoms with Crippen molar-refractivity contribution in [3.05, 3.63) is 76.7 Å². The number of rotatable bonds is 5. The third-order valence-electron chi connectivity index (χ3n) is 3.48. The van der Waals surface area contributed by atoms with Crippen LogP contribution in [0.15, 0.2) is 74.9 Å². The van der Waals surface area contributed by atoms with Crippen LogP contribution in [-0.4, -0.2) is 19.2 Å². The third-order valence-corrected chi connectivity index (χ3v) is 3.90. The minimum atomic E-state index is -0.310. The van der Waals surface area contributed by atoms with Crippen molar-refractivity contribution in [1.82, 2.24) is 0 Å². The Balaban J connectivity index is 1.91. The summed E-state index contributed by atoms with van der Waals surface area (Å²) in [7, 11) is 1.50. The van der Waals surface area contributed by atoms with Gasteiger partial charge in [0.15, 0.2) is 10.4 Å². The summed E-state index contributed by atoms with van der Waals surface area (Å²) in [6.45, 7) is 0. The number of hydrogen-bond acceptors (Lipinski definition) is 4. The molecule has 0 aliphatic carbocycles. The van der Waals surface area contributed by atoms with Gasteiger partial charge in [-0.1, -0.05) is 41.6 Å². The number of furan rings is 1. The number of benzene rings is 2. The highest BCUT2D eigenvalue weighted by molar-refractivity contribution is 9.10. The van der Waals surface area contributed by atoms with E-state index in [-0.39, 0.29) is 11.7 Å². The van der Waals surface area contributed by atoms with Gasteiger partial charge in [-0.15, -0.1) is 0 Å². The molecule has 5 nitrogen and oxygen atoms in total. The van der Waals surface area contributed by atoms with Crippen LogP contribution >= 0.6 is 15.9 Å². The Kier molecular flexibility index (Phi) is 5.30. The van der Waals surface area contributed by atoms with Crippen molar-refractivity contribution >= 4 is 33.7 Å². The Hall–Kier alpha value is -2.86. The molecule has 6 heteroatoms. The predicted octanol–water partition coefficient (Wildman–Crippen LogP) is 4.94. The summed E-state index contributed by atoms with van der Waals surface area (Å²) in [5, 5.41) is 6.67. The van der Waals surface area contributed by atoms with Gasteiger partial charge in [-0.3, -0.25) is 4.79 Å². The number of amides is 1. The van der Waals surface area contributed by atoms with Gasteiger partial charge in [0.1, 0.15) is 7.11 Å². The van der Waals surface area contributed by atoms with Crippen molar-refractivity contribution in [2.24, 2.45) is 5.16 Å². The van der Waals surface area contributed by atoms with Crippen LogP contribution < -0.4 is 5.32 Å². The molecule has 1 N–H and O–H groups in total. The number of nitrogens with zero attached hydrogens (tertiary/aromatic N) is 1. The Labute approximate surface area is 153 Å². The molecule has 0 bridgehead atoms. The molecule has 0 aliphatic rings. The molecule has 2 aromatic carbocycles. The van der Waals surface area contributed by atoms with Crippen molar-refractivity contribution in [2.45, 2.75) is 0 Å². The second-order valence-corrected chi connectivity index (χ2v) is 5.93. The molecule has 0 unspecified atom stereocenters. The average molecular weight is 399 g/mol. The zero-order valence-electron chi connectivity index (χ0n) is 13.4. The first-order chi connectivity index (χ1) is 12.2. The molecule has 3 rings (SSSR count). The summed E-state index contributed by atoms with van der Waals surface area (Å²) in [4.78, 5) is 17.1. The topological polar surface area (TPSA) is 63.8 Å². The summed E-state index contributed by atoms with van der Waals surface area (Å²) in [6, 6.07) is 18.7. The smallest absolute Gasteiger partial charge is 0.291 e. The first kappa shape index (κ1) is 17.0. The van der Waals surface area contributed by atoms with Gasteiger partial charge in [-0.25, -0.2) is 0 Å². The van der Waals surface area contributed by atoms with E-state index in [2.05, 4.69) is 26.4 Å². The molecule has 0 atom stereocenters. The summed E-state index contributed by atoms with van der Waals surface area (Å²) in [5.41, 5.74) is 3.45. The van der Waals surface area contributed by atoms with Crippen molar-refractivity contribution < 1.29 is 14.0 Å². The highest BCUT2D eigenvalue weighted by Gasteiger charge is 2.13. The van der Waals surface area contributed by atoms with Crippen LogP contribution in [0.25, 0.3) is 11.1 Å². The third kappa shape index (κ3) is 4.16. The number of anilines is 1. The molecule has 1 aromatic heterocycles. The predicted molar refractivity (Wildman–Crippen MR) is 101 cm³/mol. The van der Waals surface area contributed by atoms with E-state index in [1.54, 1.807) is 18.3 Å². The van der Waals surface area contributed by atoms with Crippen LogP contribution in [0, 0.1) is 0 Å². The van der Waals surface area contributed by atoms with E-state index in [1.807, 2.05) is 48.5 Å². The molecule has 0 radical (unpaired) electrons. The monoisotopic (exact) mass is 398 g/mol. The first-order valence-electron chi connectivity index (χ1n) is 7.50. The van der Waals surface area contributed by atoms with E-state index in [1.165, 1.54) is 7.11 Å². The lowest BCUT2D eigenvalue weighted by Crippen LogP contribution is -2.11. The molecule has 0 aliphatic heterocycles. The standard InChI is InChI=1S/C19H15BrN2O3/c1-24-21-12-13-5-4-6-14(11-13)15-7-2-3-8-16(15)22-19(23)17-9-10-18(20)25-17/h2-12H,1H3,(H,22,23)/b21-12+. The molecule has 0 saturated carbocycles. The Morgan fingerprint density at radius 3 is 2.76 bits per heavy atom. The van der Waals surface area contributed by atoms with Gasteiger partial charge in [0.25, 0.3) is 5.91 Å². The largest absolute Gasteiger partial charge is 0.444 e. The first-order valence-corrected chi connectivity index (χ1v) is 8.29. The van der Waals surface area contributed by atoms with Crippen molar-refractivity contribution in [2.75, 3.05) is 12.4 Å². The van der Waals surface area contributed by atoms with Crippen molar-refractivity contribution in [3.63, 3.8) is 0 Å². The zero-order valence-corrected chi connectivity index (χ0v) is 15.0. The molecule has 0 fully saturated rings. The fourth-order valence-electron chi connectivity index (χ4n) is 2.36. The minimum Gasteiger partial charge on any atom is -0.444 e. The van der Waals surface area contributed by atoms with Crippen LogP contribution in [0.4, 0.5) is 5.69 Å². The summed E-state index contributed by atoms with van der Waals surface area (Å²) < 4.78 is 5.81. The highest BCUT2D eigenvalue weighted by atomic mass is 79.9. The van der Waals surface area contributed by atoms with Crippen molar-refractivity contribution in [3.8, 4) is 11.1 Å². The van der Waals surface area contributed by atoms with E-state index < -0.39 is 0 Å². The molecular formula is C19H15BrN2O3. The highest BCUT2D eigenvalue weighted by Crippen LogP contribution is 2.29. The van der Waals surface area contributed by atoms with Crippen LogP contribution in [-0.2, 0) is 4.84 Å². The van der Waals surface area contributed by atoms with Crippen LogP contribution in [0.1, 0.15) is 16.1 Å². The van der Waals surface area contributed by atoms with Gasteiger partial charge in [-0.2, -0.15) is 0 Å². The zero-order chi connectivity index (χ0) is 17.6. The fourth-order valence-corrected chi connectivity index (χ4v) is 2.67. The molecule has 126 valence electrons. The fraction of sp³-hybridized carbons (Fsp3) is 0.0526. The summed E-state index contributed by atoms with van der Waals surface area (Å²) in [6.07, 6.45) is 1.63. The maximum Gasteiger partial charge on any atom is 0.291 e. The molecule has 0 spiro atoms. The number of para-hydroxylation sites is 1. The number of oxime groups is 1. The maximum atomic E-state index is 12.4. The van der Waals surface area contributed by atoms with Gasteiger partial charge in [0.2, 0.25) is 0 Å². The van der Waals surface area contributed by atoms with E-state index >= 15 is 0 Å². The number of carbonyl (C=O) groups is 1. The molecule has 1 heterocycles. The molecule has 0 saturated heterocycles. The van der Waals surface area contributed by atoms with Gasteiger partial charge < -0.3 is 14.6 Å². The Bertz CT molecular complexity index is 918. The van der Waals surface area contributed by atoms with E-state index in [4.69, 9.17) is 9.25 Å². The van der Waals surface area contributed by atoms with Gasteiger partial charge in [-0.05, 0) is 51.3 Å². The Morgan fingerprint density at radius 2 is 2.00 bits per heavy atom. The lowest BCUT2D eigenvalue weighted by molar-refractivity contribution is 0.0995. The van der Waals surface area contributed by atoms with Crippen LogP contribution in [0.2, 0.25) is 0 Å².